The minimum absolute atomic E-state index is 0.158. The van der Waals surface area contributed by atoms with E-state index in [-0.39, 0.29) is 18.4 Å². The average Bonchev–Trinajstić information content (AvgIpc) is 3.18. The van der Waals surface area contributed by atoms with Crippen LogP contribution in [0.4, 0.5) is 0 Å². The third kappa shape index (κ3) is 5.52. The van der Waals surface area contributed by atoms with Crippen LogP contribution in [0, 0.1) is 5.92 Å². The summed E-state index contributed by atoms with van der Waals surface area (Å²) in [7, 11) is 0. The Morgan fingerprint density at radius 3 is 2.61 bits per heavy atom. The predicted octanol–water partition coefficient (Wildman–Crippen LogP) is -0.144. The first-order chi connectivity index (χ1) is 13.2. The number of aliphatic carboxylic acids is 1. The third-order valence-electron chi connectivity index (χ3n) is 4.25. The molecule has 5 atom stereocenters. The van der Waals surface area contributed by atoms with E-state index in [4.69, 9.17) is 14.6 Å². The molecule has 156 valence electrons. The second kappa shape index (κ2) is 9.99. The van der Waals surface area contributed by atoms with Gasteiger partial charge in [-0.1, -0.05) is 19.9 Å². The van der Waals surface area contributed by atoms with Gasteiger partial charge in [0.2, 0.25) is 11.7 Å². The van der Waals surface area contributed by atoms with Crippen molar-refractivity contribution in [3.63, 3.8) is 0 Å². The van der Waals surface area contributed by atoms with Crippen molar-refractivity contribution in [1.82, 2.24) is 5.32 Å². The highest BCUT2D eigenvalue weighted by molar-refractivity contribution is 7.09. The Kier molecular flexibility index (Phi) is 7.96. The number of thiophene rings is 1. The van der Waals surface area contributed by atoms with Crippen molar-refractivity contribution in [1.29, 1.82) is 0 Å². The minimum atomic E-state index is -1.65. The highest BCUT2D eigenvalue weighted by Gasteiger charge is 2.44. The molecule has 1 amide bonds. The smallest absolute Gasteiger partial charge is 0.370 e. The molecule has 0 saturated heterocycles. The summed E-state index contributed by atoms with van der Waals surface area (Å²) in [6, 6.07) is 2.71. The van der Waals surface area contributed by atoms with E-state index in [1.807, 2.05) is 17.5 Å². The maximum absolute atomic E-state index is 12.3. The summed E-state index contributed by atoms with van der Waals surface area (Å²) in [5.74, 6) is -2.60. The van der Waals surface area contributed by atoms with Crippen LogP contribution in [0.15, 0.2) is 29.3 Å². The zero-order valence-electron chi connectivity index (χ0n) is 15.5. The van der Waals surface area contributed by atoms with Gasteiger partial charge in [0.15, 0.2) is 6.10 Å². The molecular formula is C18H25NO8S. The topological polar surface area (TPSA) is 146 Å². The highest BCUT2D eigenvalue weighted by Crippen LogP contribution is 2.26. The van der Waals surface area contributed by atoms with E-state index in [0.717, 1.165) is 4.88 Å². The van der Waals surface area contributed by atoms with E-state index >= 15 is 0 Å². The fourth-order valence-electron chi connectivity index (χ4n) is 2.65. The van der Waals surface area contributed by atoms with Crippen LogP contribution in [0.1, 0.15) is 18.7 Å². The number of nitrogens with one attached hydrogen (secondary N) is 1. The maximum Gasteiger partial charge on any atom is 0.370 e. The quantitative estimate of drug-likeness (QED) is 0.375. The number of amides is 1. The molecule has 0 saturated carbocycles. The van der Waals surface area contributed by atoms with Crippen molar-refractivity contribution < 1.29 is 39.5 Å². The lowest BCUT2D eigenvalue weighted by atomic mass is 9.93. The van der Waals surface area contributed by atoms with Crippen LogP contribution in [0.2, 0.25) is 0 Å². The largest absolute Gasteiger partial charge is 0.478 e. The number of hydrogen-bond acceptors (Lipinski definition) is 8. The van der Waals surface area contributed by atoms with Crippen molar-refractivity contribution in [3.8, 4) is 0 Å². The standard InChI is InChI=1S/C18H25NO8S/c1-9(2)17(23)19-14-12(26-8-10-4-3-5-28-10)6-13(18(24)25)27-16(14)15(22)11(21)7-20/h3-6,9,11-12,14-16,20-22H,7-8H2,1-2H3,(H,19,23)(H,24,25)/t11-,12-,14-,15-,16-/m1/s1. The van der Waals surface area contributed by atoms with E-state index in [1.165, 1.54) is 17.4 Å². The molecule has 9 nitrogen and oxygen atoms in total. The molecular weight excluding hydrogens is 390 g/mol. The van der Waals surface area contributed by atoms with E-state index in [1.54, 1.807) is 13.8 Å². The number of rotatable bonds is 9. The summed E-state index contributed by atoms with van der Waals surface area (Å²) in [4.78, 5) is 24.6. The first-order valence-corrected chi connectivity index (χ1v) is 9.65. The second-order valence-electron chi connectivity index (χ2n) is 6.70. The Hall–Kier alpha value is -1.98. The average molecular weight is 415 g/mol. The van der Waals surface area contributed by atoms with Gasteiger partial charge in [-0.2, -0.15) is 0 Å². The Labute approximate surface area is 166 Å². The van der Waals surface area contributed by atoms with Crippen LogP contribution in [-0.4, -0.2) is 69.4 Å². The van der Waals surface area contributed by atoms with Gasteiger partial charge in [-0.25, -0.2) is 4.79 Å². The Morgan fingerprint density at radius 2 is 2.07 bits per heavy atom. The number of ether oxygens (including phenoxy) is 2. The summed E-state index contributed by atoms with van der Waals surface area (Å²) in [6.45, 7) is 2.74. The van der Waals surface area contributed by atoms with Gasteiger partial charge in [0.1, 0.15) is 18.3 Å². The Morgan fingerprint density at radius 1 is 1.36 bits per heavy atom. The molecule has 1 aromatic rings. The zero-order valence-corrected chi connectivity index (χ0v) is 16.3. The third-order valence-corrected chi connectivity index (χ3v) is 5.10. The number of carboxylic acid groups (broad SMARTS) is 1. The van der Waals surface area contributed by atoms with Gasteiger partial charge in [0, 0.05) is 10.8 Å². The lowest BCUT2D eigenvalue weighted by molar-refractivity contribution is -0.153. The van der Waals surface area contributed by atoms with Crippen LogP contribution in [-0.2, 0) is 25.7 Å². The number of carbonyl (C=O) groups excluding carboxylic acids is 1. The molecule has 5 N–H and O–H groups in total. The molecule has 1 aliphatic rings. The minimum Gasteiger partial charge on any atom is -0.478 e. The number of hydrogen-bond donors (Lipinski definition) is 5. The van der Waals surface area contributed by atoms with Crippen molar-refractivity contribution in [3.05, 3.63) is 34.2 Å². The van der Waals surface area contributed by atoms with Gasteiger partial charge in [-0.15, -0.1) is 11.3 Å². The van der Waals surface area contributed by atoms with E-state index in [0.29, 0.717) is 0 Å². The summed E-state index contributed by atoms with van der Waals surface area (Å²) in [5, 5.41) is 43.2. The molecule has 10 heteroatoms. The second-order valence-corrected chi connectivity index (χ2v) is 7.74. The summed E-state index contributed by atoms with van der Waals surface area (Å²) in [5.41, 5.74) is 0. The Bertz CT molecular complexity index is 690. The summed E-state index contributed by atoms with van der Waals surface area (Å²) < 4.78 is 11.2. The molecule has 0 unspecified atom stereocenters. The van der Waals surface area contributed by atoms with Crippen LogP contribution in [0.5, 0.6) is 0 Å². The van der Waals surface area contributed by atoms with Crippen molar-refractivity contribution in [2.45, 2.75) is 50.9 Å². The van der Waals surface area contributed by atoms with Gasteiger partial charge in [0.25, 0.3) is 0 Å². The maximum atomic E-state index is 12.3. The monoisotopic (exact) mass is 415 g/mol. The van der Waals surface area contributed by atoms with Crippen LogP contribution >= 0.6 is 11.3 Å². The molecule has 1 aromatic heterocycles. The van der Waals surface area contributed by atoms with Gasteiger partial charge in [0.05, 0.1) is 19.3 Å². The van der Waals surface area contributed by atoms with Crippen molar-refractivity contribution in [2.75, 3.05) is 6.61 Å². The van der Waals surface area contributed by atoms with Crippen LogP contribution in [0.25, 0.3) is 0 Å². The first kappa shape index (κ1) is 22.3. The lowest BCUT2D eigenvalue weighted by Crippen LogP contribution is -2.61. The fraction of sp³-hybridized carbons (Fsp3) is 0.556. The molecule has 0 radical (unpaired) electrons. The van der Waals surface area contributed by atoms with Crippen molar-refractivity contribution >= 4 is 23.2 Å². The van der Waals surface area contributed by atoms with Crippen molar-refractivity contribution in [2.24, 2.45) is 5.92 Å². The van der Waals surface area contributed by atoms with E-state index in [2.05, 4.69) is 5.32 Å². The fourth-order valence-corrected chi connectivity index (χ4v) is 3.27. The molecule has 2 heterocycles. The molecule has 0 aromatic carbocycles. The molecule has 0 bridgehead atoms. The summed E-state index contributed by atoms with van der Waals surface area (Å²) >= 11 is 1.45. The zero-order chi connectivity index (χ0) is 20.8. The van der Waals surface area contributed by atoms with Gasteiger partial charge < -0.3 is 35.2 Å². The predicted molar refractivity (Wildman–Crippen MR) is 99.4 cm³/mol. The number of aliphatic hydroxyl groups is 3. The molecule has 2 rings (SSSR count). The van der Waals surface area contributed by atoms with Gasteiger partial charge in [-0.05, 0) is 17.5 Å². The normalized spacial score (nSPS) is 24.2. The van der Waals surface area contributed by atoms with Crippen LogP contribution < -0.4 is 5.32 Å². The SMILES string of the molecule is CC(C)C(=O)N[C@H]1[C@H]([C@H](O)[C@H](O)CO)OC(C(=O)O)=C[C@H]1OCc1cccs1. The Balaban J connectivity index is 2.33. The number of aliphatic hydroxyl groups excluding tert-OH is 3. The molecule has 1 aliphatic heterocycles. The number of carboxylic acids is 1. The first-order valence-electron chi connectivity index (χ1n) is 8.77. The van der Waals surface area contributed by atoms with Crippen LogP contribution in [0.3, 0.4) is 0 Å². The molecule has 0 fully saturated rings. The summed E-state index contributed by atoms with van der Waals surface area (Å²) in [6.07, 6.45) is -4.30. The number of carbonyl (C=O) groups is 2. The van der Waals surface area contributed by atoms with E-state index in [9.17, 15) is 24.9 Å². The molecule has 28 heavy (non-hydrogen) atoms. The molecule has 0 aliphatic carbocycles. The highest BCUT2D eigenvalue weighted by atomic mass is 32.1. The van der Waals surface area contributed by atoms with Gasteiger partial charge in [-0.3, -0.25) is 4.79 Å². The lowest BCUT2D eigenvalue weighted by Gasteiger charge is -2.40. The molecule has 0 spiro atoms. The van der Waals surface area contributed by atoms with E-state index < -0.39 is 48.8 Å². The van der Waals surface area contributed by atoms with Gasteiger partial charge >= 0.3 is 5.97 Å².